The number of rotatable bonds is 5. The maximum Gasteiger partial charge on any atom is 0.224 e. The minimum absolute atomic E-state index is 0.0146. The molecule has 0 saturated heterocycles. The summed E-state index contributed by atoms with van der Waals surface area (Å²) in [7, 11) is 0. The fraction of sp³-hybridized carbons (Fsp3) is 0.462. The smallest absolute Gasteiger partial charge is 0.224 e. The molecule has 0 aromatic heterocycles. The molecule has 17 heavy (non-hydrogen) atoms. The molecule has 1 fully saturated rings. The second-order valence-corrected chi connectivity index (χ2v) is 4.55. The van der Waals surface area contributed by atoms with E-state index in [0.717, 1.165) is 18.4 Å². The Labute approximate surface area is 100 Å². The van der Waals surface area contributed by atoms with Gasteiger partial charge in [-0.15, -0.1) is 0 Å². The van der Waals surface area contributed by atoms with Crippen LogP contribution in [0, 0.1) is 11.7 Å². The molecule has 1 atom stereocenters. The number of hydrogen-bond acceptors (Lipinski definition) is 2. The average molecular weight is 236 g/mol. The van der Waals surface area contributed by atoms with E-state index in [1.54, 1.807) is 6.07 Å². The highest BCUT2D eigenvalue weighted by molar-refractivity contribution is 5.79. The Morgan fingerprint density at radius 2 is 2.29 bits per heavy atom. The van der Waals surface area contributed by atoms with Crippen LogP contribution in [0.5, 0.6) is 0 Å². The zero-order valence-corrected chi connectivity index (χ0v) is 9.66. The third-order valence-corrected chi connectivity index (χ3v) is 2.95. The second kappa shape index (κ2) is 5.27. The zero-order chi connectivity index (χ0) is 12.3. The van der Waals surface area contributed by atoms with E-state index in [1.807, 2.05) is 6.07 Å². The van der Waals surface area contributed by atoms with E-state index < -0.39 is 0 Å². The van der Waals surface area contributed by atoms with Crippen molar-refractivity contribution in [1.82, 2.24) is 5.32 Å². The van der Waals surface area contributed by atoms with Gasteiger partial charge in [0.05, 0.1) is 5.92 Å². The van der Waals surface area contributed by atoms with Crippen molar-refractivity contribution in [3.05, 3.63) is 35.6 Å². The summed E-state index contributed by atoms with van der Waals surface area (Å²) in [5.41, 5.74) is 6.41. The Bertz CT molecular complexity index is 404. The molecule has 1 aliphatic rings. The minimum Gasteiger partial charge on any atom is -0.353 e. The van der Waals surface area contributed by atoms with Gasteiger partial charge in [0.2, 0.25) is 5.91 Å². The lowest BCUT2D eigenvalue weighted by molar-refractivity contribution is -0.124. The molecule has 4 heteroatoms. The number of carbonyl (C=O) groups excluding carboxylic acids is 1. The Kier molecular flexibility index (Phi) is 3.74. The largest absolute Gasteiger partial charge is 0.353 e. The number of amides is 1. The van der Waals surface area contributed by atoms with Crippen molar-refractivity contribution in [2.24, 2.45) is 11.7 Å². The maximum absolute atomic E-state index is 13.0. The van der Waals surface area contributed by atoms with Crippen LogP contribution in [0.15, 0.2) is 24.3 Å². The zero-order valence-electron chi connectivity index (χ0n) is 9.66. The van der Waals surface area contributed by atoms with E-state index in [2.05, 4.69) is 5.32 Å². The van der Waals surface area contributed by atoms with Crippen molar-refractivity contribution in [2.45, 2.75) is 25.3 Å². The molecule has 1 amide bonds. The van der Waals surface area contributed by atoms with E-state index in [9.17, 15) is 9.18 Å². The van der Waals surface area contributed by atoms with Crippen LogP contribution in [-0.4, -0.2) is 18.5 Å². The summed E-state index contributed by atoms with van der Waals surface area (Å²) in [6, 6.07) is 6.65. The third-order valence-electron chi connectivity index (χ3n) is 2.95. The van der Waals surface area contributed by atoms with Gasteiger partial charge in [-0.05, 0) is 37.0 Å². The van der Waals surface area contributed by atoms with Crippen molar-refractivity contribution in [3.63, 3.8) is 0 Å². The van der Waals surface area contributed by atoms with Crippen LogP contribution in [0.1, 0.15) is 18.4 Å². The van der Waals surface area contributed by atoms with Crippen LogP contribution >= 0.6 is 0 Å². The molecular formula is C13H17FN2O. The highest BCUT2D eigenvalue weighted by Gasteiger charge is 2.26. The molecule has 1 saturated carbocycles. The molecule has 92 valence electrons. The van der Waals surface area contributed by atoms with Crippen LogP contribution in [0.2, 0.25) is 0 Å². The molecule has 1 aromatic rings. The van der Waals surface area contributed by atoms with Crippen molar-refractivity contribution in [2.75, 3.05) is 6.54 Å². The number of hydrogen-bond donors (Lipinski definition) is 2. The van der Waals surface area contributed by atoms with E-state index in [1.165, 1.54) is 12.1 Å². The first-order chi connectivity index (χ1) is 8.19. The van der Waals surface area contributed by atoms with E-state index in [4.69, 9.17) is 5.73 Å². The van der Waals surface area contributed by atoms with Crippen LogP contribution in [0.4, 0.5) is 4.39 Å². The van der Waals surface area contributed by atoms with Crippen LogP contribution in [0.3, 0.4) is 0 Å². The van der Waals surface area contributed by atoms with Crippen molar-refractivity contribution < 1.29 is 9.18 Å². The highest BCUT2D eigenvalue weighted by atomic mass is 19.1. The Hall–Kier alpha value is -1.42. The normalized spacial score (nSPS) is 16.6. The van der Waals surface area contributed by atoms with Gasteiger partial charge in [-0.1, -0.05) is 12.1 Å². The van der Waals surface area contributed by atoms with Crippen molar-refractivity contribution in [3.8, 4) is 0 Å². The Balaban J connectivity index is 1.95. The minimum atomic E-state index is -0.277. The summed E-state index contributed by atoms with van der Waals surface area (Å²) in [6.07, 6.45) is 2.61. The first-order valence-electron chi connectivity index (χ1n) is 5.94. The highest BCUT2D eigenvalue weighted by Crippen LogP contribution is 2.20. The van der Waals surface area contributed by atoms with E-state index in [-0.39, 0.29) is 24.2 Å². The molecule has 3 N–H and O–H groups in total. The summed E-state index contributed by atoms with van der Waals surface area (Å²) in [5.74, 6) is -0.558. The number of halogens is 1. The summed E-state index contributed by atoms with van der Waals surface area (Å²) in [6.45, 7) is 0.287. The van der Waals surface area contributed by atoms with Gasteiger partial charge >= 0.3 is 0 Å². The van der Waals surface area contributed by atoms with Gasteiger partial charge < -0.3 is 11.1 Å². The van der Waals surface area contributed by atoms with Gasteiger partial charge in [-0.25, -0.2) is 4.39 Å². The summed E-state index contributed by atoms with van der Waals surface area (Å²) >= 11 is 0. The van der Waals surface area contributed by atoms with Gasteiger partial charge in [0, 0.05) is 12.6 Å². The Morgan fingerprint density at radius 3 is 2.88 bits per heavy atom. The third kappa shape index (κ3) is 3.53. The van der Waals surface area contributed by atoms with E-state index in [0.29, 0.717) is 12.5 Å². The van der Waals surface area contributed by atoms with Crippen LogP contribution < -0.4 is 11.1 Å². The average Bonchev–Trinajstić information content (AvgIpc) is 3.09. The van der Waals surface area contributed by atoms with Gasteiger partial charge in [-0.3, -0.25) is 4.79 Å². The van der Waals surface area contributed by atoms with E-state index >= 15 is 0 Å². The van der Waals surface area contributed by atoms with Crippen LogP contribution in [-0.2, 0) is 11.2 Å². The maximum atomic E-state index is 13.0. The molecule has 1 aliphatic carbocycles. The first-order valence-corrected chi connectivity index (χ1v) is 5.94. The molecule has 0 spiro atoms. The van der Waals surface area contributed by atoms with Gasteiger partial charge in [0.15, 0.2) is 0 Å². The first kappa shape index (κ1) is 12.0. The summed E-state index contributed by atoms with van der Waals surface area (Å²) < 4.78 is 13.0. The molecule has 2 rings (SSSR count). The van der Waals surface area contributed by atoms with Gasteiger partial charge in [0.25, 0.3) is 0 Å². The molecule has 0 heterocycles. The molecule has 0 radical (unpaired) electrons. The van der Waals surface area contributed by atoms with Crippen molar-refractivity contribution >= 4 is 5.91 Å². The lowest BCUT2D eigenvalue weighted by Crippen LogP contribution is -2.37. The predicted molar refractivity (Wildman–Crippen MR) is 63.8 cm³/mol. The topological polar surface area (TPSA) is 55.1 Å². The lowest BCUT2D eigenvalue weighted by atomic mass is 9.98. The molecule has 1 unspecified atom stereocenters. The Morgan fingerprint density at radius 1 is 1.53 bits per heavy atom. The summed E-state index contributed by atoms with van der Waals surface area (Å²) in [4.78, 5) is 11.8. The quantitative estimate of drug-likeness (QED) is 0.807. The summed E-state index contributed by atoms with van der Waals surface area (Å²) in [5, 5.41) is 2.93. The SMILES string of the molecule is NCC(Cc1cccc(F)c1)C(=O)NC1CC1. The van der Waals surface area contributed by atoms with Crippen molar-refractivity contribution in [1.29, 1.82) is 0 Å². The fourth-order valence-corrected chi connectivity index (χ4v) is 1.78. The molecule has 0 bridgehead atoms. The number of benzene rings is 1. The standard InChI is InChI=1S/C13H17FN2O/c14-11-3-1-2-9(7-11)6-10(8-15)13(17)16-12-4-5-12/h1-3,7,10,12H,4-6,8,15H2,(H,16,17). The number of carbonyl (C=O) groups is 1. The second-order valence-electron chi connectivity index (χ2n) is 4.55. The monoisotopic (exact) mass is 236 g/mol. The predicted octanol–water partition coefficient (Wildman–Crippen LogP) is 1.22. The van der Waals surface area contributed by atoms with Gasteiger partial charge in [-0.2, -0.15) is 0 Å². The van der Waals surface area contributed by atoms with Crippen LogP contribution in [0.25, 0.3) is 0 Å². The molecule has 0 aliphatic heterocycles. The lowest BCUT2D eigenvalue weighted by Gasteiger charge is -2.14. The fourth-order valence-electron chi connectivity index (χ4n) is 1.78. The van der Waals surface area contributed by atoms with Gasteiger partial charge in [0.1, 0.15) is 5.82 Å². The number of nitrogens with two attached hydrogens (primary N) is 1. The molecule has 3 nitrogen and oxygen atoms in total. The molecule has 1 aromatic carbocycles. The molecular weight excluding hydrogens is 219 g/mol. The number of nitrogens with one attached hydrogen (secondary N) is 1.